The van der Waals surface area contributed by atoms with Gasteiger partial charge in [0, 0.05) is 12.6 Å². The van der Waals surface area contributed by atoms with Crippen molar-refractivity contribution in [3.63, 3.8) is 0 Å². The second kappa shape index (κ2) is 4.90. The third-order valence-corrected chi connectivity index (χ3v) is 5.23. The molecule has 2 rings (SSSR count). The molecule has 0 saturated heterocycles. The molecule has 0 saturated carbocycles. The molecule has 5 heteroatoms. The van der Waals surface area contributed by atoms with Gasteiger partial charge in [-0.2, -0.15) is 0 Å². The van der Waals surface area contributed by atoms with E-state index in [0.717, 1.165) is 11.1 Å². The van der Waals surface area contributed by atoms with E-state index in [0.29, 0.717) is 23.4 Å². The zero-order valence-corrected chi connectivity index (χ0v) is 11.5. The number of anilines is 1. The summed E-state index contributed by atoms with van der Waals surface area (Å²) >= 11 is 0. The topological polar surface area (TPSA) is 66.4 Å². The van der Waals surface area contributed by atoms with Crippen molar-refractivity contribution in [3.8, 4) is 0 Å². The molecule has 1 unspecified atom stereocenters. The van der Waals surface area contributed by atoms with E-state index in [4.69, 9.17) is 5.11 Å². The molecule has 0 bridgehead atoms. The van der Waals surface area contributed by atoms with Crippen LogP contribution in [-0.4, -0.2) is 31.9 Å². The van der Waals surface area contributed by atoms with Gasteiger partial charge in [-0.1, -0.05) is 6.07 Å². The first-order valence-corrected chi connectivity index (χ1v) is 7.80. The van der Waals surface area contributed by atoms with Gasteiger partial charge in [-0.15, -0.1) is 0 Å². The molecule has 1 aliphatic heterocycles. The highest BCUT2D eigenvalue weighted by Crippen LogP contribution is 2.33. The summed E-state index contributed by atoms with van der Waals surface area (Å²) in [6.45, 7) is 3.88. The Hall–Kier alpha value is -1.07. The van der Waals surface area contributed by atoms with Gasteiger partial charge in [0.05, 0.1) is 16.3 Å². The van der Waals surface area contributed by atoms with Crippen molar-refractivity contribution >= 4 is 15.5 Å². The van der Waals surface area contributed by atoms with Gasteiger partial charge in [-0.25, -0.2) is 8.42 Å². The quantitative estimate of drug-likeness (QED) is 0.875. The summed E-state index contributed by atoms with van der Waals surface area (Å²) in [7, 11) is -3.21. The highest BCUT2D eigenvalue weighted by atomic mass is 32.2. The number of hydrogen-bond acceptors (Lipinski definition) is 4. The molecule has 1 aromatic rings. The van der Waals surface area contributed by atoms with Crippen LogP contribution in [0.25, 0.3) is 0 Å². The number of benzene rings is 1. The smallest absolute Gasteiger partial charge is 0.182 e. The average Bonchev–Trinajstić information content (AvgIpc) is 2.23. The lowest BCUT2D eigenvalue weighted by Gasteiger charge is -2.28. The first kappa shape index (κ1) is 13.4. The molecule has 100 valence electrons. The number of fused-ring (bicyclic) bond motifs is 1. The molecule has 0 aromatic heterocycles. The van der Waals surface area contributed by atoms with Crippen molar-refractivity contribution in [1.29, 1.82) is 0 Å². The molecule has 0 fully saturated rings. The van der Waals surface area contributed by atoms with Crippen LogP contribution in [0.4, 0.5) is 5.69 Å². The van der Waals surface area contributed by atoms with E-state index in [1.165, 1.54) is 0 Å². The molecule has 1 heterocycles. The molecule has 4 nitrogen and oxygen atoms in total. The number of sulfone groups is 1. The Morgan fingerprint density at radius 2 is 2.11 bits per heavy atom. The summed E-state index contributed by atoms with van der Waals surface area (Å²) in [6, 6.07) is 3.67. The fourth-order valence-electron chi connectivity index (χ4n) is 2.58. The highest BCUT2D eigenvalue weighted by Gasteiger charge is 2.31. The lowest BCUT2D eigenvalue weighted by molar-refractivity contribution is 0.282. The monoisotopic (exact) mass is 269 g/mol. The number of aliphatic hydroxyl groups excluding tert-OH is 1. The average molecular weight is 269 g/mol. The fourth-order valence-corrected chi connectivity index (χ4v) is 4.53. The van der Waals surface area contributed by atoms with Crippen molar-refractivity contribution in [2.45, 2.75) is 37.6 Å². The van der Waals surface area contributed by atoms with Gasteiger partial charge in [-0.3, -0.25) is 0 Å². The number of hydrogen-bond donors (Lipinski definition) is 2. The van der Waals surface area contributed by atoms with Gasteiger partial charge in [0.1, 0.15) is 0 Å². The third kappa shape index (κ3) is 2.52. The van der Waals surface area contributed by atoms with E-state index in [1.54, 1.807) is 0 Å². The molecule has 1 atom stereocenters. The summed E-state index contributed by atoms with van der Waals surface area (Å²) in [5, 5.41) is 12.1. The van der Waals surface area contributed by atoms with Crippen LogP contribution in [0.15, 0.2) is 17.0 Å². The normalized spacial score (nSPS) is 21.2. The van der Waals surface area contributed by atoms with Crippen molar-refractivity contribution in [3.05, 3.63) is 23.3 Å². The number of rotatable bonds is 3. The first-order valence-electron chi connectivity index (χ1n) is 6.15. The van der Waals surface area contributed by atoms with Crippen molar-refractivity contribution in [2.75, 3.05) is 17.7 Å². The van der Waals surface area contributed by atoms with Crippen molar-refractivity contribution in [2.24, 2.45) is 0 Å². The zero-order valence-electron chi connectivity index (χ0n) is 10.7. The molecule has 0 amide bonds. The number of nitrogens with one attached hydrogen (secondary N) is 1. The second-order valence-corrected chi connectivity index (χ2v) is 6.92. The Bertz CT molecular complexity index is 552. The molecule has 1 aromatic carbocycles. The van der Waals surface area contributed by atoms with Crippen molar-refractivity contribution in [1.82, 2.24) is 0 Å². The van der Waals surface area contributed by atoms with Gasteiger partial charge in [0.2, 0.25) is 0 Å². The maximum atomic E-state index is 12.3. The van der Waals surface area contributed by atoms with Crippen LogP contribution in [0.2, 0.25) is 0 Å². The predicted octanol–water partition coefficient (Wildman–Crippen LogP) is 1.64. The van der Waals surface area contributed by atoms with E-state index < -0.39 is 9.84 Å². The van der Waals surface area contributed by atoms with E-state index in [1.807, 2.05) is 26.0 Å². The minimum atomic E-state index is -3.21. The molecular weight excluding hydrogens is 250 g/mol. The van der Waals surface area contributed by atoms with E-state index in [-0.39, 0.29) is 18.4 Å². The van der Waals surface area contributed by atoms with E-state index >= 15 is 0 Å². The number of aryl methyl sites for hydroxylation is 2. The lowest BCUT2D eigenvalue weighted by Crippen LogP contribution is -2.35. The van der Waals surface area contributed by atoms with Crippen LogP contribution in [0, 0.1) is 13.8 Å². The van der Waals surface area contributed by atoms with Gasteiger partial charge < -0.3 is 10.4 Å². The molecule has 0 spiro atoms. The Morgan fingerprint density at radius 1 is 1.39 bits per heavy atom. The van der Waals surface area contributed by atoms with E-state index in [2.05, 4.69) is 5.32 Å². The van der Waals surface area contributed by atoms with Gasteiger partial charge in [0.25, 0.3) is 0 Å². The van der Waals surface area contributed by atoms with E-state index in [9.17, 15) is 8.42 Å². The largest absolute Gasteiger partial charge is 0.396 e. The van der Waals surface area contributed by atoms with Crippen LogP contribution in [0.5, 0.6) is 0 Å². The van der Waals surface area contributed by atoms with Crippen LogP contribution in [0.1, 0.15) is 24.0 Å². The zero-order chi connectivity index (χ0) is 13.3. The summed E-state index contributed by atoms with van der Waals surface area (Å²) in [4.78, 5) is 0.438. The molecule has 2 N–H and O–H groups in total. The summed E-state index contributed by atoms with van der Waals surface area (Å²) in [5.41, 5.74) is 2.57. The highest BCUT2D eigenvalue weighted by molar-refractivity contribution is 7.91. The lowest BCUT2D eigenvalue weighted by atomic mass is 10.1. The van der Waals surface area contributed by atoms with Crippen LogP contribution in [-0.2, 0) is 9.84 Å². The summed E-state index contributed by atoms with van der Waals surface area (Å²) in [6.07, 6.45) is 1.29. The minimum absolute atomic E-state index is 0.0952. The summed E-state index contributed by atoms with van der Waals surface area (Å²) in [5.74, 6) is 0.115. The van der Waals surface area contributed by atoms with Crippen molar-refractivity contribution < 1.29 is 13.5 Å². The van der Waals surface area contributed by atoms with Gasteiger partial charge in [0.15, 0.2) is 9.84 Å². The molecule has 0 aliphatic carbocycles. The number of aliphatic hydroxyl groups is 1. The predicted molar refractivity (Wildman–Crippen MR) is 71.7 cm³/mol. The maximum absolute atomic E-state index is 12.3. The maximum Gasteiger partial charge on any atom is 0.182 e. The second-order valence-electron chi connectivity index (χ2n) is 4.95. The SMILES string of the molecule is Cc1cc(C)c2c(c1)NC(CCCO)CS2(=O)=O. The Balaban J connectivity index is 2.41. The van der Waals surface area contributed by atoms with Crippen LogP contribution in [0.3, 0.4) is 0 Å². The Morgan fingerprint density at radius 3 is 2.78 bits per heavy atom. The summed E-state index contributed by atoms with van der Waals surface area (Å²) < 4.78 is 24.6. The molecular formula is C13H19NO3S. The van der Waals surface area contributed by atoms with Crippen LogP contribution >= 0.6 is 0 Å². The fraction of sp³-hybridized carbons (Fsp3) is 0.538. The standard InChI is InChI=1S/C13H19NO3S/c1-9-6-10(2)13-12(7-9)14-11(4-3-5-15)8-18(13,16)17/h6-7,11,14-15H,3-5,8H2,1-2H3. The first-order chi connectivity index (χ1) is 8.44. The molecule has 1 aliphatic rings. The minimum Gasteiger partial charge on any atom is -0.396 e. The van der Waals surface area contributed by atoms with Crippen LogP contribution < -0.4 is 5.32 Å². The molecule has 18 heavy (non-hydrogen) atoms. The third-order valence-electron chi connectivity index (χ3n) is 3.22. The Kier molecular flexibility index (Phi) is 3.64. The van der Waals surface area contributed by atoms with Gasteiger partial charge >= 0.3 is 0 Å². The molecule has 0 radical (unpaired) electrons. The van der Waals surface area contributed by atoms with Gasteiger partial charge in [-0.05, 0) is 43.9 Å². The Labute approximate surface area is 108 Å².